The topological polar surface area (TPSA) is 91.2 Å². The minimum Gasteiger partial charge on any atom is -0.469 e. The monoisotopic (exact) mass is 434 g/mol. The van der Waals surface area contributed by atoms with Gasteiger partial charge in [-0.25, -0.2) is 0 Å². The van der Waals surface area contributed by atoms with Crippen molar-refractivity contribution in [3.05, 3.63) is 53.7 Å². The zero-order valence-electron chi connectivity index (χ0n) is 17.8. The van der Waals surface area contributed by atoms with Gasteiger partial charge in [0, 0.05) is 20.6 Å². The number of hydrogen-bond acceptors (Lipinski definition) is 8. The molecule has 0 radical (unpaired) electrons. The van der Waals surface area contributed by atoms with Gasteiger partial charge >= 0.3 is 0 Å². The molecule has 9 heteroatoms. The van der Waals surface area contributed by atoms with Crippen LogP contribution in [0.5, 0.6) is 0 Å². The third-order valence-corrected chi connectivity index (χ3v) is 6.29. The summed E-state index contributed by atoms with van der Waals surface area (Å²) in [6.45, 7) is 4.52. The number of benzene rings is 1. The fourth-order valence-electron chi connectivity index (χ4n) is 3.76. The molecule has 3 heterocycles. The molecule has 2 aromatic heterocycles. The predicted octanol–water partition coefficient (Wildman–Crippen LogP) is 3.85. The Hall–Kier alpha value is -3.51. The summed E-state index contributed by atoms with van der Waals surface area (Å²) in [6, 6.07) is 11.8. The Kier molecular flexibility index (Phi) is 5.57. The average molecular weight is 435 g/mol. The third kappa shape index (κ3) is 3.49. The highest BCUT2D eigenvalue weighted by atomic mass is 32.2. The Morgan fingerprint density at radius 1 is 1.16 bits per heavy atom. The number of Topliss-reactive ketones (excluding diaryl/α,β-unsaturated/α-hetero) is 1. The van der Waals surface area contributed by atoms with E-state index in [-0.39, 0.29) is 17.1 Å². The molecule has 1 aromatic carbocycles. The fourth-order valence-corrected chi connectivity index (χ4v) is 4.63. The number of aryl methyl sites for hydroxylation is 1. The minimum atomic E-state index is -0.249. The summed E-state index contributed by atoms with van der Waals surface area (Å²) < 4.78 is 7.33. The number of ketones is 1. The Labute approximate surface area is 184 Å². The number of allylic oxidation sites excluding steroid dienone is 1. The van der Waals surface area contributed by atoms with Crippen LogP contribution in [0.15, 0.2) is 57.6 Å². The third-order valence-electron chi connectivity index (χ3n) is 5.32. The van der Waals surface area contributed by atoms with Crippen molar-refractivity contribution in [3.8, 4) is 17.5 Å². The molecule has 0 N–H and O–H groups in total. The molecule has 0 bridgehead atoms. The van der Waals surface area contributed by atoms with Crippen molar-refractivity contribution in [2.45, 2.75) is 25.5 Å². The second kappa shape index (κ2) is 8.32. The number of nitriles is 1. The van der Waals surface area contributed by atoms with Gasteiger partial charge in [-0.2, -0.15) is 5.26 Å². The first-order valence-corrected chi connectivity index (χ1v) is 10.8. The van der Waals surface area contributed by atoms with Crippen LogP contribution in [0.25, 0.3) is 11.4 Å². The maximum absolute atomic E-state index is 13.0. The smallest absolute Gasteiger partial charge is 0.191 e. The van der Waals surface area contributed by atoms with Gasteiger partial charge in [-0.3, -0.25) is 4.79 Å². The number of rotatable bonds is 6. The molecule has 1 aliphatic heterocycles. The fraction of sp³-hybridized carbons (Fsp3) is 0.273. The SMILES string of the molecule is CCn1c(SCC(=O)C(C#N)=C2N(C)c3ccccc3N2C)nnc1-c1ccoc1C. The molecule has 4 rings (SSSR count). The summed E-state index contributed by atoms with van der Waals surface area (Å²) in [5.74, 6) is 1.89. The summed E-state index contributed by atoms with van der Waals surface area (Å²) in [6.07, 6.45) is 1.62. The molecule has 0 aliphatic carbocycles. The van der Waals surface area contributed by atoms with Crippen LogP contribution in [0.2, 0.25) is 0 Å². The molecule has 0 amide bonds. The van der Waals surface area contributed by atoms with Gasteiger partial charge in [-0.1, -0.05) is 23.9 Å². The second-order valence-electron chi connectivity index (χ2n) is 7.07. The van der Waals surface area contributed by atoms with Crippen LogP contribution in [-0.2, 0) is 11.3 Å². The van der Waals surface area contributed by atoms with Gasteiger partial charge in [0.25, 0.3) is 0 Å². The van der Waals surface area contributed by atoms with Crippen LogP contribution in [0, 0.1) is 18.3 Å². The van der Waals surface area contributed by atoms with Crippen LogP contribution in [-0.4, -0.2) is 40.4 Å². The van der Waals surface area contributed by atoms with E-state index in [0.29, 0.717) is 23.3 Å². The lowest BCUT2D eigenvalue weighted by atomic mass is 10.2. The van der Waals surface area contributed by atoms with Crippen LogP contribution >= 0.6 is 11.8 Å². The van der Waals surface area contributed by atoms with Gasteiger partial charge in [0.2, 0.25) is 0 Å². The van der Waals surface area contributed by atoms with Gasteiger partial charge in [0.1, 0.15) is 23.2 Å². The highest BCUT2D eigenvalue weighted by Gasteiger charge is 2.31. The van der Waals surface area contributed by atoms with Crippen molar-refractivity contribution in [2.24, 2.45) is 0 Å². The van der Waals surface area contributed by atoms with Crippen molar-refractivity contribution in [2.75, 3.05) is 29.6 Å². The normalized spacial score (nSPS) is 12.8. The van der Waals surface area contributed by atoms with Crippen LogP contribution in [0.3, 0.4) is 0 Å². The lowest BCUT2D eigenvalue weighted by Crippen LogP contribution is -2.26. The van der Waals surface area contributed by atoms with Crippen LogP contribution < -0.4 is 9.80 Å². The molecule has 8 nitrogen and oxygen atoms in total. The molecule has 31 heavy (non-hydrogen) atoms. The number of hydrogen-bond donors (Lipinski definition) is 0. The largest absolute Gasteiger partial charge is 0.469 e. The quantitative estimate of drug-likeness (QED) is 0.328. The van der Waals surface area contributed by atoms with Crippen molar-refractivity contribution < 1.29 is 9.21 Å². The number of anilines is 2. The van der Waals surface area contributed by atoms with E-state index in [1.165, 1.54) is 11.8 Å². The van der Waals surface area contributed by atoms with E-state index in [0.717, 1.165) is 22.7 Å². The highest BCUT2D eigenvalue weighted by Crippen LogP contribution is 2.40. The molecule has 0 fully saturated rings. The summed E-state index contributed by atoms with van der Waals surface area (Å²) in [5.41, 5.74) is 2.92. The molecule has 158 valence electrons. The Balaban J connectivity index is 1.58. The predicted molar refractivity (Wildman–Crippen MR) is 120 cm³/mol. The summed E-state index contributed by atoms with van der Waals surface area (Å²) in [7, 11) is 3.73. The van der Waals surface area contributed by atoms with Gasteiger partial charge in [0.05, 0.1) is 29.0 Å². The number of nitrogens with zero attached hydrogens (tertiary/aromatic N) is 6. The van der Waals surface area contributed by atoms with E-state index in [4.69, 9.17) is 4.42 Å². The molecule has 0 atom stereocenters. The van der Waals surface area contributed by atoms with E-state index in [1.54, 1.807) is 6.26 Å². The standard InChI is InChI=1S/C22H22N6O2S/c1-5-28-20(15-10-11-30-14(15)2)24-25-22(28)31-13-19(29)16(12-23)21-26(3)17-8-6-7-9-18(17)27(21)4/h6-11H,5,13H2,1-4H3. The van der Waals surface area contributed by atoms with E-state index in [9.17, 15) is 10.1 Å². The summed E-state index contributed by atoms with van der Waals surface area (Å²) in [4.78, 5) is 16.8. The van der Waals surface area contributed by atoms with E-state index < -0.39 is 0 Å². The molecular formula is C22H22N6O2S. The second-order valence-corrected chi connectivity index (χ2v) is 8.01. The van der Waals surface area contributed by atoms with Crippen molar-refractivity contribution >= 4 is 28.9 Å². The number of carbonyl (C=O) groups excluding carboxylic acids is 1. The first-order chi connectivity index (χ1) is 15.0. The first kappa shape index (κ1) is 20.8. The number of aromatic nitrogens is 3. The molecule has 3 aromatic rings. The Morgan fingerprint density at radius 3 is 2.39 bits per heavy atom. The van der Waals surface area contributed by atoms with Crippen molar-refractivity contribution in [3.63, 3.8) is 0 Å². The average Bonchev–Trinajstić information content (AvgIpc) is 3.45. The lowest BCUT2D eigenvalue weighted by molar-refractivity contribution is -0.112. The van der Waals surface area contributed by atoms with E-state index in [2.05, 4.69) is 16.3 Å². The zero-order valence-corrected chi connectivity index (χ0v) is 18.6. The van der Waals surface area contributed by atoms with Gasteiger partial charge in [-0.05, 0) is 32.0 Å². The maximum Gasteiger partial charge on any atom is 0.191 e. The number of furan rings is 1. The molecular weight excluding hydrogens is 412 g/mol. The van der Waals surface area contributed by atoms with E-state index in [1.807, 2.05) is 72.6 Å². The zero-order chi connectivity index (χ0) is 22.1. The van der Waals surface area contributed by atoms with Crippen LogP contribution in [0.4, 0.5) is 11.4 Å². The minimum absolute atomic E-state index is 0.0902. The molecule has 0 spiro atoms. The summed E-state index contributed by atoms with van der Waals surface area (Å²) in [5, 5.41) is 19.0. The van der Waals surface area contributed by atoms with Crippen molar-refractivity contribution in [1.82, 2.24) is 14.8 Å². The molecule has 0 saturated carbocycles. The number of fused-ring (bicyclic) bond motifs is 1. The Bertz CT molecular complexity index is 1190. The number of carbonyl (C=O) groups is 1. The highest BCUT2D eigenvalue weighted by molar-refractivity contribution is 7.99. The summed E-state index contributed by atoms with van der Waals surface area (Å²) >= 11 is 1.28. The van der Waals surface area contributed by atoms with E-state index >= 15 is 0 Å². The first-order valence-electron chi connectivity index (χ1n) is 9.82. The maximum atomic E-state index is 13.0. The van der Waals surface area contributed by atoms with Gasteiger partial charge in [-0.15, -0.1) is 10.2 Å². The van der Waals surface area contributed by atoms with Gasteiger partial charge < -0.3 is 18.8 Å². The molecule has 0 saturated heterocycles. The molecule has 1 aliphatic rings. The lowest BCUT2D eigenvalue weighted by Gasteiger charge is -2.19. The number of para-hydroxylation sites is 2. The number of thioether (sulfide) groups is 1. The molecule has 0 unspecified atom stereocenters. The van der Waals surface area contributed by atoms with Gasteiger partial charge in [0.15, 0.2) is 16.8 Å². The van der Waals surface area contributed by atoms with Crippen molar-refractivity contribution in [1.29, 1.82) is 5.26 Å². The van der Waals surface area contributed by atoms with Crippen LogP contribution in [0.1, 0.15) is 12.7 Å². The Morgan fingerprint density at radius 2 is 1.84 bits per heavy atom.